The highest BCUT2D eigenvalue weighted by Crippen LogP contribution is 2.46. The zero-order chi connectivity index (χ0) is 26.8. The van der Waals surface area contributed by atoms with Crippen molar-refractivity contribution in [1.82, 2.24) is 25.1 Å². The van der Waals surface area contributed by atoms with E-state index in [0.29, 0.717) is 23.4 Å². The Morgan fingerprint density at radius 3 is 2.63 bits per heavy atom. The Morgan fingerprint density at radius 2 is 1.95 bits per heavy atom. The highest BCUT2D eigenvalue weighted by atomic mass is 19.1. The number of hydrogen-bond acceptors (Lipinski definition) is 7. The van der Waals surface area contributed by atoms with E-state index in [4.69, 9.17) is 0 Å². The normalized spacial score (nSPS) is 28.8. The van der Waals surface area contributed by atoms with E-state index in [2.05, 4.69) is 32.3 Å². The molecule has 6 rings (SSSR count). The van der Waals surface area contributed by atoms with Gasteiger partial charge in [-0.25, -0.2) is 13.8 Å². The van der Waals surface area contributed by atoms with Gasteiger partial charge in [-0.15, -0.1) is 10.2 Å². The van der Waals surface area contributed by atoms with E-state index in [1.54, 1.807) is 18.3 Å². The van der Waals surface area contributed by atoms with Crippen LogP contribution in [0.3, 0.4) is 0 Å². The van der Waals surface area contributed by atoms with Crippen LogP contribution in [0.4, 0.5) is 14.6 Å². The van der Waals surface area contributed by atoms with E-state index in [1.807, 2.05) is 6.92 Å². The lowest BCUT2D eigenvalue weighted by Crippen LogP contribution is -2.73. The molecule has 1 aliphatic carbocycles. The van der Waals surface area contributed by atoms with Crippen LogP contribution in [-0.2, 0) is 7.05 Å². The lowest BCUT2D eigenvalue weighted by molar-refractivity contribution is 0.000258. The third kappa shape index (κ3) is 4.24. The molecule has 4 atom stereocenters. The molecule has 0 spiro atoms. The van der Waals surface area contributed by atoms with Crippen molar-refractivity contribution in [2.24, 2.45) is 7.05 Å². The number of halogens is 2. The van der Waals surface area contributed by atoms with Gasteiger partial charge in [-0.05, 0) is 70.1 Å². The van der Waals surface area contributed by atoms with Gasteiger partial charge in [0.15, 0.2) is 11.6 Å². The van der Waals surface area contributed by atoms with Crippen LogP contribution in [0.15, 0.2) is 41.5 Å². The summed E-state index contributed by atoms with van der Waals surface area (Å²) in [4.78, 5) is 18.5. The molecule has 3 aromatic rings. The highest BCUT2D eigenvalue weighted by molar-refractivity contribution is 5.73. The summed E-state index contributed by atoms with van der Waals surface area (Å²) >= 11 is 0. The Balaban J connectivity index is 1.29. The maximum Gasteiger partial charge on any atom is 0.251 e. The summed E-state index contributed by atoms with van der Waals surface area (Å²) in [5, 5.41) is 23.0. The van der Waals surface area contributed by atoms with E-state index >= 15 is 4.39 Å². The van der Waals surface area contributed by atoms with Gasteiger partial charge in [0.1, 0.15) is 17.7 Å². The molecule has 0 radical (unpaired) electrons. The summed E-state index contributed by atoms with van der Waals surface area (Å²) in [6.45, 7) is 4.18. The Kier molecular flexibility index (Phi) is 5.79. The summed E-state index contributed by atoms with van der Waals surface area (Å²) in [6, 6.07) is 5.64. The molecule has 10 heteroatoms. The van der Waals surface area contributed by atoms with E-state index in [9.17, 15) is 14.3 Å². The van der Waals surface area contributed by atoms with Crippen molar-refractivity contribution in [3.05, 3.63) is 52.8 Å². The molecule has 8 nitrogen and oxygen atoms in total. The number of fused-ring (bicyclic) bond motifs is 2. The van der Waals surface area contributed by atoms with Crippen LogP contribution in [0.1, 0.15) is 52.4 Å². The molecule has 2 saturated heterocycles. The van der Waals surface area contributed by atoms with Gasteiger partial charge in [0.2, 0.25) is 0 Å². The highest BCUT2D eigenvalue weighted by Gasteiger charge is 2.55. The van der Waals surface area contributed by atoms with Crippen molar-refractivity contribution in [2.45, 2.75) is 81.7 Å². The second-order valence-corrected chi connectivity index (χ2v) is 11.6. The van der Waals surface area contributed by atoms with Crippen LogP contribution in [0.25, 0.3) is 22.5 Å². The number of piperidine rings is 2. The topological polar surface area (TPSA) is 96.2 Å². The van der Waals surface area contributed by atoms with Gasteiger partial charge in [0, 0.05) is 42.0 Å². The maximum absolute atomic E-state index is 16.0. The number of pyridine rings is 1. The number of rotatable bonds is 5. The summed E-state index contributed by atoms with van der Waals surface area (Å²) in [5.41, 5.74) is -0.263. The molecule has 1 saturated carbocycles. The molecule has 2 bridgehead atoms. The lowest BCUT2D eigenvalue weighted by atomic mass is 9.68. The first-order valence-electron chi connectivity index (χ1n) is 13.2. The quantitative estimate of drug-likeness (QED) is 0.521. The van der Waals surface area contributed by atoms with Gasteiger partial charge in [-0.3, -0.25) is 4.79 Å². The number of benzene rings is 1. The number of aryl methyl sites for hydroxylation is 1. The second-order valence-electron chi connectivity index (χ2n) is 11.6. The van der Waals surface area contributed by atoms with Crippen LogP contribution in [0.2, 0.25) is 0 Å². The number of nitrogens with zero attached hydrogens (tertiary/aromatic N) is 5. The number of phenols is 1. The molecule has 4 heterocycles. The van der Waals surface area contributed by atoms with Crippen LogP contribution >= 0.6 is 0 Å². The predicted molar refractivity (Wildman–Crippen MR) is 140 cm³/mol. The fourth-order valence-corrected chi connectivity index (χ4v) is 6.45. The van der Waals surface area contributed by atoms with Crippen molar-refractivity contribution in [3.8, 4) is 28.3 Å². The molecule has 3 aliphatic rings. The summed E-state index contributed by atoms with van der Waals surface area (Å²) < 4.78 is 31.6. The van der Waals surface area contributed by atoms with E-state index in [1.165, 1.54) is 19.2 Å². The number of aromatic hydroxyl groups is 1. The Labute approximate surface area is 219 Å². The first-order valence-corrected chi connectivity index (χ1v) is 13.2. The minimum atomic E-state index is -1.05. The fraction of sp³-hybridized carbons (Fsp3) is 0.500. The first kappa shape index (κ1) is 24.9. The van der Waals surface area contributed by atoms with E-state index in [-0.39, 0.29) is 40.3 Å². The molecule has 200 valence electrons. The Morgan fingerprint density at radius 1 is 1.16 bits per heavy atom. The van der Waals surface area contributed by atoms with Gasteiger partial charge < -0.3 is 19.9 Å². The molecule has 38 heavy (non-hydrogen) atoms. The molecule has 0 unspecified atom stereocenters. The van der Waals surface area contributed by atoms with Gasteiger partial charge in [0.25, 0.3) is 5.56 Å². The molecular formula is C28H32F2N6O2. The predicted octanol–water partition coefficient (Wildman–Crippen LogP) is 4.12. The minimum absolute atomic E-state index is 0.0966. The third-order valence-electron chi connectivity index (χ3n) is 8.46. The zero-order valence-corrected chi connectivity index (χ0v) is 21.8. The van der Waals surface area contributed by atoms with Crippen LogP contribution in [0, 0.1) is 5.82 Å². The molecule has 2 aliphatic heterocycles. The number of alkyl halides is 1. The van der Waals surface area contributed by atoms with Crippen molar-refractivity contribution >= 4 is 5.82 Å². The molecule has 3 fully saturated rings. The lowest BCUT2D eigenvalue weighted by Gasteiger charge is -2.57. The third-order valence-corrected chi connectivity index (χ3v) is 8.46. The van der Waals surface area contributed by atoms with Gasteiger partial charge in [-0.1, -0.05) is 6.07 Å². The summed E-state index contributed by atoms with van der Waals surface area (Å²) in [5.74, 6) is 0.00920. The number of anilines is 1. The Bertz CT molecular complexity index is 1440. The average Bonchev–Trinajstić information content (AvgIpc) is 3.70. The SMILES string of the molecule is Cn1cc(F)c(-c2ccc(-c3ncc(N(C4CC4)[C@H]4C[C@]5(C)CCC[C@@](C)(N5)[C@H]4F)nn3)c(O)c2)cc1=O. The molecule has 0 amide bonds. The van der Waals surface area contributed by atoms with Crippen molar-refractivity contribution in [3.63, 3.8) is 0 Å². The number of nitrogens with one attached hydrogen (secondary N) is 1. The largest absolute Gasteiger partial charge is 0.507 e. The average molecular weight is 523 g/mol. The van der Waals surface area contributed by atoms with Gasteiger partial charge in [0.05, 0.1) is 17.8 Å². The van der Waals surface area contributed by atoms with E-state index in [0.717, 1.165) is 42.9 Å². The van der Waals surface area contributed by atoms with Crippen molar-refractivity contribution in [1.29, 1.82) is 0 Å². The fourth-order valence-electron chi connectivity index (χ4n) is 6.45. The molecular weight excluding hydrogens is 490 g/mol. The summed E-state index contributed by atoms with van der Waals surface area (Å²) in [7, 11) is 1.47. The minimum Gasteiger partial charge on any atom is -0.507 e. The standard InChI is InChI=1S/C28H32F2N6O2/c1-27-9-4-10-28(2,34-27)25(30)21(13-27)36(17-6-7-17)23-14-31-26(33-32-23)18-8-5-16(11-22(18)37)19-12-24(38)35(3)15-20(19)29/h5,8,11-12,14-15,17,21,25,34,37H,4,6-7,9-10,13H2,1-3H3/t21-,25-,27-,28+/m0/s1. The van der Waals surface area contributed by atoms with Crippen LogP contribution < -0.4 is 15.8 Å². The zero-order valence-electron chi connectivity index (χ0n) is 21.8. The monoisotopic (exact) mass is 522 g/mol. The van der Waals surface area contributed by atoms with Crippen molar-refractivity contribution in [2.75, 3.05) is 4.90 Å². The first-order chi connectivity index (χ1) is 18.1. The van der Waals surface area contributed by atoms with Crippen LogP contribution in [0.5, 0.6) is 5.75 Å². The number of aromatic nitrogens is 4. The van der Waals surface area contributed by atoms with Crippen LogP contribution in [-0.4, -0.2) is 54.2 Å². The van der Waals surface area contributed by atoms with Crippen molar-refractivity contribution < 1.29 is 13.9 Å². The molecule has 1 aromatic carbocycles. The second kappa shape index (κ2) is 8.83. The summed E-state index contributed by atoms with van der Waals surface area (Å²) in [6.07, 6.45) is 7.14. The maximum atomic E-state index is 16.0. The Hall–Kier alpha value is -3.40. The molecule has 2 aromatic heterocycles. The smallest absolute Gasteiger partial charge is 0.251 e. The molecule has 2 N–H and O–H groups in total. The van der Waals surface area contributed by atoms with Gasteiger partial charge in [-0.2, -0.15) is 0 Å². The number of hydrogen-bond donors (Lipinski definition) is 2. The number of phenolic OH excluding ortho intramolecular Hbond substituents is 1. The van der Waals surface area contributed by atoms with E-state index < -0.39 is 17.5 Å². The van der Waals surface area contributed by atoms with Gasteiger partial charge >= 0.3 is 0 Å².